The van der Waals surface area contributed by atoms with Gasteiger partial charge in [-0.05, 0) is 25.3 Å². The fourth-order valence-corrected chi connectivity index (χ4v) is 3.81. The van der Waals surface area contributed by atoms with E-state index in [4.69, 9.17) is 4.74 Å². The van der Waals surface area contributed by atoms with Crippen molar-refractivity contribution in [3.63, 3.8) is 0 Å². The molecule has 1 amide bonds. The summed E-state index contributed by atoms with van der Waals surface area (Å²) < 4.78 is 6.13. The predicted octanol–water partition coefficient (Wildman–Crippen LogP) is 0.977. The molecule has 2 aliphatic heterocycles. The minimum atomic E-state index is -0.738. The van der Waals surface area contributed by atoms with Crippen LogP contribution in [0.5, 0.6) is 0 Å². The fourth-order valence-electron chi connectivity index (χ4n) is 3.81. The van der Waals surface area contributed by atoms with Crippen molar-refractivity contribution in [2.24, 2.45) is 5.41 Å². The van der Waals surface area contributed by atoms with E-state index in [2.05, 4.69) is 20.9 Å². The lowest BCUT2D eigenvalue weighted by Crippen LogP contribution is -2.40. The highest BCUT2D eigenvalue weighted by atomic mass is 16.5. The third-order valence-corrected chi connectivity index (χ3v) is 5.58. The largest absolute Gasteiger partial charge is 0.371 e. The lowest BCUT2D eigenvalue weighted by Gasteiger charge is -2.26. The summed E-state index contributed by atoms with van der Waals surface area (Å²) in [5.74, 6) is 0.684. The van der Waals surface area contributed by atoms with Crippen molar-refractivity contribution >= 4 is 11.9 Å². The second kappa shape index (κ2) is 5.42. The van der Waals surface area contributed by atoms with Crippen LogP contribution in [-0.2, 0) is 9.53 Å². The molecule has 1 spiro atoms. The Balaban J connectivity index is 1.42. The second-order valence-corrected chi connectivity index (χ2v) is 7.18. The molecule has 126 valence electrons. The molecule has 24 heavy (non-hydrogen) atoms. The molecule has 3 heterocycles. The van der Waals surface area contributed by atoms with Crippen LogP contribution in [0.4, 0.5) is 5.95 Å². The zero-order chi connectivity index (χ0) is 16.8. The van der Waals surface area contributed by atoms with Crippen molar-refractivity contribution in [2.45, 2.75) is 37.3 Å². The van der Waals surface area contributed by atoms with Crippen LogP contribution in [0.2, 0.25) is 0 Å². The maximum atomic E-state index is 12.6. The van der Waals surface area contributed by atoms with E-state index >= 15 is 0 Å². The van der Waals surface area contributed by atoms with Crippen LogP contribution in [0.15, 0.2) is 18.5 Å². The molecule has 1 aromatic rings. The summed E-state index contributed by atoms with van der Waals surface area (Å²) in [7, 11) is 1.98. The SMILES string of the molecule is CN(c1ncccn1)C1COC2(CCN(C(=O)C3(C#N)CC3)C2)C1. The molecule has 0 aromatic carbocycles. The number of nitriles is 1. The Kier molecular flexibility index (Phi) is 3.46. The fraction of sp³-hybridized carbons (Fsp3) is 0.647. The molecule has 2 saturated heterocycles. The monoisotopic (exact) mass is 327 g/mol. The van der Waals surface area contributed by atoms with Gasteiger partial charge in [-0.3, -0.25) is 4.79 Å². The van der Waals surface area contributed by atoms with Gasteiger partial charge in [-0.1, -0.05) is 0 Å². The first-order chi connectivity index (χ1) is 11.6. The molecule has 3 fully saturated rings. The smallest absolute Gasteiger partial charge is 0.243 e. The van der Waals surface area contributed by atoms with Crippen LogP contribution in [0, 0.1) is 16.7 Å². The molecule has 0 radical (unpaired) electrons. The van der Waals surface area contributed by atoms with E-state index in [0.717, 1.165) is 12.8 Å². The first-order valence-corrected chi connectivity index (χ1v) is 8.42. The molecule has 7 heteroatoms. The second-order valence-electron chi connectivity index (χ2n) is 7.18. The van der Waals surface area contributed by atoms with E-state index in [1.807, 2.05) is 11.9 Å². The van der Waals surface area contributed by atoms with Crippen molar-refractivity contribution in [3.8, 4) is 6.07 Å². The van der Waals surface area contributed by atoms with Crippen LogP contribution in [-0.4, -0.2) is 59.2 Å². The Bertz CT molecular complexity index is 684. The van der Waals surface area contributed by atoms with Crippen LogP contribution in [0.1, 0.15) is 25.7 Å². The summed E-state index contributed by atoms with van der Waals surface area (Å²) >= 11 is 0. The van der Waals surface area contributed by atoms with Crippen LogP contribution >= 0.6 is 0 Å². The van der Waals surface area contributed by atoms with Gasteiger partial charge in [-0.2, -0.15) is 5.26 Å². The Morgan fingerprint density at radius 3 is 2.83 bits per heavy atom. The zero-order valence-electron chi connectivity index (χ0n) is 13.8. The molecule has 1 aromatic heterocycles. The summed E-state index contributed by atoms with van der Waals surface area (Å²) in [6.45, 7) is 1.88. The number of likely N-dealkylation sites (tertiary alicyclic amines) is 1. The number of carbonyl (C=O) groups excluding carboxylic acids is 1. The highest BCUT2D eigenvalue weighted by Crippen LogP contribution is 2.48. The van der Waals surface area contributed by atoms with Crippen LogP contribution in [0.3, 0.4) is 0 Å². The molecule has 7 nitrogen and oxygen atoms in total. The normalized spacial score (nSPS) is 30.3. The third-order valence-electron chi connectivity index (χ3n) is 5.58. The molecule has 0 N–H and O–H groups in total. The number of aromatic nitrogens is 2. The first-order valence-electron chi connectivity index (χ1n) is 8.42. The van der Waals surface area contributed by atoms with Gasteiger partial charge < -0.3 is 14.5 Å². The van der Waals surface area contributed by atoms with Gasteiger partial charge in [0, 0.05) is 39.0 Å². The van der Waals surface area contributed by atoms with Gasteiger partial charge in [0.05, 0.1) is 24.3 Å². The van der Waals surface area contributed by atoms with Gasteiger partial charge in [0.25, 0.3) is 0 Å². The van der Waals surface area contributed by atoms with Gasteiger partial charge in [0.15, 0.2) is 0 Å². The number of anilines is 1. The average Bonchev–Trinajstić information content (AvgIpc) is 3.16. The molecule has 2 atom stereocenters. The lowest BCUT2D eigenvalue weighted by atomic mass is 9.96. The molecule has 1 aliphatic carbocycles. The third kappa shape index (κ3) is 2.42. The number of hydrogen-bond donors (Lipinski definition) is 0. The predicted molar refractivity (Wildman–Crippen MR) is 86.0 cm³/mol. The van der Waals surface area contributed by atoms with Gasteiger partial charge in [-0.25, -0.2) is 9.97 Å². The van der Waals surface area contributed by atoms with Crippen molar-refractivity contribution in [3.05, 3.63) is 18.5 Å². The lowest BCUT2D eigenvalue weighted by molar-refractivity contribution is -0.135. The van der Waals surface area contributed by atoms with Crippen molar-refractivity contribution in [1.82, 2.24) is 14.9 Å². The molecule has 2 unspecified atom stereocenters. The summed E-state index contributed by atoms with van der Waals surface area (Å²) in [4.78, 5) is 25.0. The van der Waals surface area contributed by atoms with Gasteiger partial charge in [-0.15, -0.1) is 0 Å². The van der Waals surface area contributed by atoms with Crippen molar-refractivity contribution < 1.29 is 9.53 Å². The summed E-state index contributed by atoms with van der Waals surface area (Å²) in [5, 5.41) is 9.24. The maximum Gasteiger partial charge on any atom is 0.243 e. The van der Waals surface area contributed by atoms with Gasteiger partial charge in [0.2, 0.25) is 11.9 Å². The summed E-state index contributed by atoms with van der Waals surface area (Å²) in [6.07, 6.45) is 6.55. The van der Waals surface area contributed by atoms with E-state index in [1.165, 1.54) is 0 Å². The molecule has 1 saturated carbocycles. The highest BCUT2D eigenvalue weighted by Gasteiger charge is 2.56. The minimum absolute atomic E-state index is 0.00586. The quantitative estimate of drug-likeness (QED) is 0.823. The van der Waals surface area contributed by atoms with E-state index in [1.54, 1.807) is 18.5 Å². The van der Waals surface area contributed by atoms with E-state index in [9.17, 15) is 10.1 Å². The summed E-state index contributed by atoms with van der Waals surface area (Å²) in [6, 6.07) is 4.20. The van der Waals surface area contributed by atoms with Gasteiger partial charge in [0.1, 0.15) is 5.41 Å². The number of amides is 1. The van der Waals surface area contributed by atoms with Crippen LogP contribution < -0.4 is 4.90 Å². The molecular weight excluding hydrogens is 306 g/mol. The summed E-state index contributed by atoms with van der Waals surface area (Å²) in [5.41, 5.74) is -1.02. The topological polar surface area (TPSA) is 82.3 Å². The number of ether oxygens (including phenoxy) is 1. The minimum Gasteiger partial charge on any atom is -0.371 e. The Labute approximate surface area is 141 Å². The average molecular weight is 327 g/mol. The van der Waals surface area contributed by atoms with Crippen molar-refractivity contribution in [1.29, 1.82) is 5.26 Å². The zero-order valence-corrected chi connectivity index (χ0v) is 13.8. The Hall–Kier alpha value is -2.20. The number of nitrogens with zero attached hydrogens (tertiary/aromatic N) is 5. The number of rotatable bonds is 3. The highest BCUT2D eigenvalue weighted by molar-refractivity contribution is 5.88. The molecule has 4 rings (SSSR count). The van der Waals surface area contributed by atoms with E-state index in [0.29, 0.717) is 38.5 Å². The number of hydrogen-bond acceptors (Lipinski definition) is 6. The van der Waals surface area contributed by atoms with Gasteiger partial charge >= 0.3 is 0 Å². The molecule has 0 bridgehead atoms. The Morgan fingerprint density at radius 1 is 1.42 bits per heavy atom. The number of likely N-dealkylation sites (N-methyl/N-ethyl adjacent to an activating group) is 1. The Morgan fingerprint density at radius 2 is 2.17 bits per heavy atom. The van der Waals surface area contributed by atoms with E-state index < -0.39 is 5.41 Å². The molecule has 3 aliphatic rings. The molecular formula is C17H21N5O2. The van der Waals surface area contributed by atoms with E-state index in [-0.39, 0.29) is 17.6 Å². The standard InChI is InChI=1S/C17H21N5O2/c1-21(15-19-6-2-7-20-15)13-9-17(24-10-13)5-8-22(12-17)14(23)16(11-18)3-4-16/h2,6-7,13H,3-5,8-10,12H2,1H3. The first kappa shape index (κ1) is 15.3. The van der Waals surface area contributed by atoms with Crippen LogP contribution in [0.25, 0.3) is 0 Å². The maximum absolute atomic E-state index is 12.6. The van der Waals surface area contributed by atoms with Crippen molar-refractivity contribution in [2.75, 3.05) is 31.6 Å². The number of carbonyl (C=O) groups is 1.